The van der Waals surface area contributed by atoms with Crippen molar-refractivity contribution in [1.29, 1.82) is 0 Å². The van der Waals surface area contributed by atoms with Crippen LogP contribution in [0.3, 0.4) is 0 Å². The van der Waals surface area contributed by atoms with Gasteiger partial charge < -0.3 is 9.88 Å². The Morgan fingerprint density at radius 2 is 1.95 bits per heavy atom. The fraction of sp³-hybridized carbons (Fsp3) is 0.471. The van der Waals surface area contributed by atoms with Gasteiger partial charge in [-0.3, -0.25) is 0 Å². The van der Waals surface area contributed by atoms with E-state index >= 15 is 0 Å². The lowest BCUT2D eigenvalue weighted by atomic mass is 9.97. The summed E-state index contributed by atoms with van der Waals surface area (Å²) in [6, 6.07) is 11.4. The zero-order valence-corrected chi connectivity index (χ0v) is 12.7. The molecule has 0 fully saturated rings. The van der Waals surface area contributed by atoms with Crippen LogP contribution in [0.1, 0.15) is 50.2 Å². The molecule has 0 amide bonds. The third-order valence-corrected chi connectivity index (χ3v) is 3.85. The number of hydrogen-bond donors (Lipinski definition) is 1. The first-order valence-electron chi connectivity index (χ1n) is 7.55. The number of nitrogens with zero attached hydrogens (tertiary/aromatic N) is 2. The highest BCUT2D eigenvalue weighted by Crippen LogP contribution is 2.29. The lowest BCUT2D eigenvalue weighted by Crippen LogP contribution is -2.28. The van der Waals surface area contributed by atoms with E-state index in [-0.39, 0.29) is 0 Å². The summed E-state index contributed by atoms with van der Waals surface area (Å²) in [6.07, 6.45) is 7.28. The molecule has 0 radical (unpaired) electrons. The number of benzene rings is 1. The van der Waals surface area contributed by atoms with Gasteiger partial charge in [-0.2, -0.15) is 0 Å². The van der Waals surface area contributed by atoms with Gasteiger partial charge in [0.15, 0.2) is 0 Å². The second kappa shape index (κ2) is 7.25. The van der Waals surface area contributed by atoms with Gasteiger partial charge in [0, 0.05) is 18.8 Å². The van der Waals surface area contributed by atoms with Crippen molar-refractivity contribution < 1.29 is 0 Å². The molecule has 0 saturated carbocycles. The van der Waals surface area contributed by atoms with E-state index in [9.17, 15) is 0 Å². The molecule has 2 rings (SSSR count). The van der Waals surface area contributed by atoms with Gasteiger partial charge in [-0.25, -0.2) is 4.98 Å². The van der Waals surface area contributed by atoms with Crippen LogP contribution >= 0.6 is 0 Å². The van der Waals surface area contributed by atoms with Gasteiger partial charge in [-0.1, -0.05) is 44.2 Å². The summed E-state index contributed by atoms with van der Waals surface area (Å²) in [5.74, 6) is 1.19. The maximum atomic E-state index is 4.52. The van der Waals surface area contributed by atoms with Crippen LogP contribution in [0.2, 0.25) is 0 Å². The van der Waals surface area contributed by atoms with Crippen molar-refractivity contribution in [3.05, 3.63) is 54.1 Å². The molecule has 108 valence electrons. The molecule has 3 heteroatoms. The van der Waals surface area contributed by atoms with Gasteiger partial charge in [-0.05, 0) is 25.5 Å². The third kappa shape index (κ3) is 3.10. The molecule has 20 heavy (non-hydrogen) atoms. The molecule has 0 bridgehead atoms. The minimum atomic E-state index is 0.311. The number of aromatic nitrogens is 2. The summed E-state index contributed by atoms with van der Waals surface area (Å²) in [5.41, 5.74) is 1.33. The molecular weight excluding hydrogens is 246 g/mol. The van der Waals surface area contributed by atoms with E-state index in [4.69, 9.17) is 0 Å². The Labute approximate surface area is 122 Å². The zero-order valence-electron chi connectivity index (χ0n) is 12.7. The molecule has 1 heterocycles. The van der Waals surface area contributed by atoms with Crippen molar-refractivity contribution >= 4 is 0 Å². The predicted octanol–water partition coefficient (Wildman–Crippen LogP) is 3.75. The zero-order chi connectivity index (χ0) is 14.4. The Kier molecular flexibility index (Phi) is 5.36. The van der Waals surface area contributed by atoms with Crippen LogP contribution in [-0.2, 0) is 6.42 Å². The fourth-order valence-electron chi connectivity index (χ4n) is 2.90. The van der Waals surface area contributed by atoms with Gasteiger partial charge in [0.25, 0.3) is 0 Å². The first-order chi connectivity index (χ1) is 9.81. The summed E-state index contributed by atoms with van der Waals surface area (Å²) in [4.78, 5) is 4.52. The highest BCUT2D eigenvalue weighted by molar-refractivity contribution is 5.20. The second-order valence-electron chi connectivity index (χ2n) is 5.15. The highest BCUT2D eigenvalue weighted by atomic mass is 15.1. The number of nitrogens with one attached hydrogen (secondary N) is 1. The number of hydrogen-bond acceptors (Lipinski definition) is 2. The number of likely N-dealkylation sites (N-methyl/N-ethyl adjacent to an activating group) is 1. The summed E-state index contributed by atoms with van der Waals surface area (Å²) in [6.45, 7) is 4.44. The van der Waals surface area contributed by atoms with Gasteiger partial charge in [0.1, 0.15) is 5.82 Å². The number of imidazole rings is 1. The summed E-state index contributed by atoms with van der Waals surface area (Å²) in [7, 11) is 2.04. The van der Waals surface area contributed by atoms with E-state index in [0.717, 1.165) is 19.3 Å². The minimum Gasteiger partial charge on any atom is -0.330 e. The third-order valence-electron chi connectivity index (χ3n) is 3.85. The normalized spacial score (nSPS) is 14.2. The largest absolute Gasteiger partial charge is 0.330 e. The molecule has 0 aliphatic rings. The average molecular weight is 271 g/mol. The van der Waals surface area contributed by atoms with E-state index in [2.05, 4.69) is 65.2 Å². The van der Waals surface area contributed by atoms with E-state index in [1.807, 2.05) is 13.2 Å². The van der Waals surface area contributed by atoms with Gasteiger partial charge in [0.05, 0.1) is 12.1 Å². The molecule has 2 atom stereocenters. The monoisotopic (exact) mass is 271 g/mol. The maximum absolute atomic E-state index is 4.52. The van der Waals surface area contributed by atoms with Crippen LogP contribution in [-0.4, -0.2) is 16.6 Å². The lowest BCUT2D eigenvalue weighted by molar-refractivity contribution is 0.354. The fourth-order valence-corrected chi connectivity index (χ4v) is 2.90. The van der Waals surface area contributed by atoms with Crippen molar-refractivity contribution in [3.63, 3.8) is 0 Å². The van der Waals surface area contributed by atoms with Crippen LogP contribution in [0.5, 0.6) is 0 Å². The Balaban J connectivity index is 2.32. The molecule has 0 aliphatic carbocycles. The Hall–Kier alpha value is -1.61. The van der Waals surface area contributed by atoms with E-state index in [1.165, 1.54) is 11.4 Å². The first kappa shape index (κ1) is 14.8. The molecule has 1 aromatic carbocycles. The van der Waals surface area contributed by atoms with Crippen molar-refractivity contribution in [2.45, 2.75) is 45.2 Å². The standard InChI is InChI=1S/C17H25N3/c1-4-9-16-19-12-13-20(16)15(5-2)17(18-3)14-10-7-6-8-11-14/h6-8,10-13,15,17-18H,4-5,9H2,1-3H3. The minimum absolute atomic E-state index is 0.311. The Morgan fingerprint density at radius 3 is 2.55 bits per heavy atom. The van der Waals surface area contributed by atoms with Crippen molar-refractivity contribution in [2.75, 3.05) is 7.05 Å². The smallest absolute Gasteiger partial charge is 0.108 e. The van der Waals surface area contributed by atoms with E-state index in [0.29, 0.717) is 12.1 Å². The second-order valence-corrected chi connectivity index (χ2v) is 5.15. The van der Waals surface area contributed by atoms with Gasteiger partial charge in [-0.15, -0.1) is 0 Å². The molecule has 1 aromatic heterocycles. The molecule has 2 aromatic rings. The summed E-state index contributed by atoms with van der Waals surface area (Å²) < 4.78 is 2.34. The van der Waals surface area contributed by atoms with Crippen LogP contribution in [0.15, 0.2) is 42.7 Å². The molecule has 0 spiro atoms. The summed E-state index contributed by atoms with van der Waals surface area (Å²) in [5, 5.41) is 3.48. The molecule has 1 N–H and O–H groups in total. The quantitative estimate of drug-likeness (QED) is 0.831. The van der Waals surface area contributed by atoms with Crippen LogP contribution in [0.25, 0.3) is 0 Å². The molecule has 0 saturated heterocycles. The highest BCUT2D eigenvalue weighted by Gasteiger charge is 2.23. The van der Waals surface area contributed by atoms with Crippen molar-refractivity contribution in [1.82, 2.24) is 14.9 Å². The van der Waals surface area contributed by atoms with Gasteiger partial charge >= 0.3 is 0 Å². The van der Waals surface area contributed by atoms with Crippen LogP contribution in [0.4, 0.5) is 0 Å². The molecule has 3 nitrogen and oxygen atoms in total. The van der Waals surface area contributed by atoms with E-state index < -0.39 is 0 Å². The van der Waals surface area contributed by atoms with E-state index in [1.54, 1.807) is 0 Å². The van der Waals surface area contributed by atoms with Crippen LogP contribution in [0, 0.1) is 0 Å². The average Bonchev–Trinajstić information content (AvgIpc) is 2.94. The first-order valence-corrected chi connectivity index (χ1v) is 7.55. The SMILES string of the molecule is CCCc1nccn1C(CC)C(NC)c1ccccc1. The lowest BCUT2D eigenvalue weighted by Gasteiger charge is -2.29. The topological polar surface area (TPSA) is 29.9 Å². The number of rotatable bonds is 7. The maximum Gasteiger partial charge on any atom is 0.108 e. The number of aryl methyl sites for hydroxylation is 1. The molecular formula is C17H25N3. The molecule has 2 unspecified atom stereocenters. The van der Waals surface area contributed by atoms with Crippen LogP contribution < -0.4 is 5.32 Å². The Bertz CT molecular complexity index is 504. The molecule has 0 aliphatic heterocycles. The van der Waals surface area contributed by atoms with Crippen molar-refractivity contribution in [2.24, 2.45) is 0 Å². The Morgan fingerprint density at radius 1 is 1.20 bits per heavy atom. The predicted molar refractivity (Wildman–Crippen MR) is 83.8 cm³/mol. The summed E-state index contributed by atoms with van der Waals surface area (Å²) >= 11 is 0. The van der Waals surface area contributed by atoms with Gasteiger partial charge in [0.2, 0.25) is 0 Å². The van der Waals surface area contributed by atoms with Crippen molar-refractivity contribution in [3.8, 4) is 0 Å².